The van der Waals surface area contributed by atoms with Gasteiger partial charge < -0.3 is 9.84 Å². The molecular formula is C18H25NO4. The van der Waals surface area contributed by atoms with Crippen LogP contribution in [0.4, 0.5) is 4.79 Å². The first-order valence-electron chi connectivity index (χ1n) is 7.94. The van der Waals surface area contributed by atoms with E-state index in [0.717, 1.165) is 6.42 Å². The van der Waals surface area contributed by atoms with Crippen LogP contribution in [0.1, 0.15) is 38.3 Å². The molecule has 1 aromatic rings. The third kappa shape index (κ3) is 4.47. The largest absolute Gasteiger partial charge is 0.480 e. The second-order valence-electron chi connectivity index (χ2n) is 7.22. The number of aryl methyl sites for hydroxylation is 1. The van der Waals surface area contributed by atoms with E-state index in [1.54, 1.807) is 20.8 Å². The molecule has 0 aromatic heterocycles. The predicted molar refractivity (Wildman–Crippen MR) is 87.4 cm³/mol. The smallest absolute Gasteiger partial charge is 0.411 e. The van der Waals surface area contributed by atoms with Gasteiger partial charge in [-0.05, 0) is 57.6 Å². The van der Waals surface area contributed by atoms with Crippen LogP contribution in [0.2, 0.25) is 0 Å². The number of carbonyl (C=O) groups excluding carboxylic acids is 1. The summed E-state index contributed by atoms with van der Waals surface area (Å²) < 4.78 is 5.35. The zero-order valence-corrected chi connectivity index (χ0v) is 14.2. The third-order valence-electron chi connectivity index (χ3n) is 4.07. The first kappa shape index (κ1) is 17.3. The summed E-state index contributed by atoms with van der Waals surface area (Å²) in [5, 5.41) is 9.42. The summed E-state index contributed by atoms with van der Waals surface area (Å²) >= 11 is 0. The molecule has 0 spiro atoms. The summed E-state index contributed by atoms with van der Waals surface area (Å²) in [4.78, 5) is 25.1. The fourth-order valence-electron chi connectivity index (χ4n) is 2.98. The van der Waals surface area contributed by atoms with Crippen molar-refractivity contribution in [2.75, 3.05) is 6.54 Å². The van der Waals surface area contributed by atoms with Crippen molar-refractivity contribution in [3.8, 4) is 0 Å². The van der Waals surface area contributed by atoms with Gasteiger partial charge in [0.15, 0.2) is 0 Å². The molecule has 2 unspecified atom stereocenters. The standard InChI is InChI=1S/C18H25NO4/c1-12-7-5-6-8-14(12)9-13-10-15(16(20)21)19(11-13)17(22)23-18(2,3)4/h5-8,13,15H,9-11H2,1-4H3,(H,20,21). The van der Waals surface area contributed by atoms with E-state index in [2.05, 4.69) is 6.07 Å². The van der Waals surface area contributed by atoms with E-state index in [4.69, 9.17) is 4.74 Å². The van der Waals surface area contributed by atoms with Gasteiger partial charge in [0.2, 0.25) is 0 Å². The molecule has 0 aliphatic carbocycles. The highest BCUT2D eigenvalue weighted by Gasteiger charge is 2.41. The van der Waals surface area contributed by atoms with Crippen LogP contribution >= 0.6 is 0 Å². The molecule has 1 amide bonds. The number of rotatable bonds is 3. The summed E-state index contributed by atoms with van der Waals surface area (Å²) in [6.07, 6.45) is 0.691. The number of ether oxygens (including phenoxy) is 1. The summed E-state index contributed by atoms with van der Waals surface area (Å²) in [7, 11) is 0. The molecule has 1 aliphatic rings. The maximum absolute atomic E-state index is 12.3. The van der Waals surface area contributed by atoms with Crippen molar-refractivity contribution in [2.24, 2.45) is 5.92 Å². The molecule has 126 valence electrons. The Morgan fingerprint density at radius 3 is 2.52 bits per heavy atom. The molecule has 5 nitrogen and oxygen atoms in total. The van der Waals surface area contributed by atoms with Crippen LogP contribution < -0.4 is 0 Å². The van der Waals surface area contributed by atoms with E-state index in [9.17, 15) is 14.7 Å². The van der Waals surface area contributed by atoms with E-state index >= 15 is 0 Å². The summed E-state index contributed by atoms with van der Waals surface area (Å²) in [6.45, 7) is 7.80. The van der Waals surface area contributed by atoms with Crippen molar-refractivity contribution in [3.05, 3.63) is 35.4 Å². The van der Waals surface area contributed by atoms with E-state index in [-0.39, 0.29) is 5.92 Å². The second-order valence-corrected chi connectivity index (χ2v) is 7.22. The molecule has 1 aliphatic heterocycles. The first-order valence-corrected chi connectivity index (χ1v) is 7.94. The Morgan fingerprint density at radius 2 is 1.96 bits per heavy atom. The summed E-state index contributed by atoms with van der Waals surface area (Å²) in [5.74, 6) is -0.840. The van der Waals surface area contributed by atoms with Gasteiger partial charge in [0.05, 0.1) is 0 Å². The van der Waals surface area contributed by atoms with Crippen molar-refractivity contribution in [2.45, 2.75) is 52.2 Å². The van der Waals surface area contributed by atoms with Crippen LogP contribution in [-0.2, 0) is 16.0 Å². The molecule has 1 saturated heterocycles. The number of carbonyl (C=O) groups is 2. The Bertz CT molecular complexity index is 591. The molecule has 0 radical (unpaired) electrons. The van der Waals surface area contributed by atoms with Gasteiger partial charge in [-0.25, -0.2) is 9.59 Å². The van der Waals surface area contributed by atoms with Crippen LogP contribution in [0.3, 0.4) is 0 Å². The van der Waals surface area contributed by atoms with Crippen molar-refractivity contribution >= 4 is 12.1 Å². The average molecular weight is 319 g/mol. The lowest BCUT2D eigenvalue weighted by Crippen LogP contribution is -2.43. The highest BCUT2D eigenvalue weighted by molar-refractivity contribution is 5.81. The number of hydrogen-bond donors (Lipinski definition) is 1. The minimum atomic E-state index is -0.969. The molecule has 1 fully saturated rings. The maximum Gasteiger partial charge on any atom is 0.411 e. The van der Waals surface area contributed by atoms with E-state index in [0.29, 0.717) is 13.0 Å². The topological polar surface area (TPSA) is 66.8 Å². The van der Waals surface area contributed by atoms with Gasteiger partial charge in [0.25, 0.3) is 0 Å². The van der Waals surface area contributed by atoms with Crippen LogP contribution in [0, 0.1) is 12.8 Å². The van der Waals surface area contributed by atoms with Gasteiger partial charge >= 0.3 is 12.1 Å². The van der Waals surface area contributed by atoms with Crippen molar-refractivity contribution in [1.29, 1.82) is 0 Å². The highest BCUT2D eigenvalue weighted by atomic mass is 16.6. The van der Waals surface area contributed by atoms with E-state index in [1.165, 1.54) is 16.0 Å². The number of carboxylic acids is 1. The summed E-state index contributed by atoms with van der Waals surface area (Å²) in [5.41, 5.74) is 1.76. The van der Waals surface area contributed by atoms with Crippen molar-refractivity contribution < 1.29 is 19.4 Å². The molecular weight excluding hydrogens is 294 g/mol. The second kappa shape index (κ2) is 6.60. The lowest BCUT2D eigenvalue weighted by molar-refractivity contribution is -0.142. The number of benzene rings is 1. The molecule has 0 saturated carbocycles. The van der Waals surface area contributed by atoms with Gasteiger partial charge in [-0.15, -0.1) is 0 Å². The Hall–Kier alpha value is -2.04. The lowest BCUT2D eigenvalue weighted by atomic mass is 9.94. The number of likely N-dealkylation sites (tertiary alicyclic amines) is 1. The molecule has 1 aromatic carbocycles. The van der Waals surface area contributed by atoms with Gasteiger partial charge in [-0.1, -0.05) is 24.3 Å². The zero-order valence-electron chi connectivity index (χ0n) is 14.2. The first-order chi connectivity index (χ1) is 10.7. The fraction of sp³-hybridized carbons (Fsp3) is 0.556. The Kier molecular flexibility index (Phi) is 4.97. The predicted octanol–water partition coefficient (Wildman–Crippen LogP) is 3.25. The molecule has 0 bridgehead atoms. The van der Waals surface area contributed by atoms with Gasteiger partial charge in [0, 0.05) is 6.54 Å². The molecule has 2 rings (SSSR count). The Labute approximate surface area is 137 Å². The van der Waals surface area contributed by atoms with Crippen molar-refractivity contribution in [3.63, 3.8) is 0 Å². The van der Waals surface area contributed by atoms with Crippen LogP contribution in [-0.4, -0.2) is 40.3 Å². The van der Waals surface area contributed by atoms with E-state index in [1.807, 2.05) is 25.1 Å². The van der Waals surface area contributed by atoms with Crippen LogP contribution in [0.25, 0.3) is 0 Å². The molecule has 23 heavy (non-hydrogen) atoms. The van der Waals surface area contributed by atoms with Gasteiger partial charge in [-0.2, -0.15) is 0 Å². The van der Waals surface area contributed by atoms with Gasteiger partial charge in [-0.3, -0.25) is 4.90 Å². The average Bonchev–Trinajstić information content (AvgIpc) is 2.84. The fourth-order valence-corrected chi connectivity index (χ4v) is 2.98. The number of aliphatic carboxylic acids is 1. The normalized spacial score (nSPS) is 21.3. The lowest BCUT2D eigenvalue weighted by Gasteiger charge is -2.26. The Balaban J connectivity index is 2.10. The Morgan fingerprint density at radius 1 is 1.30 bits per heavy atom. The van der Waals surface area contributed by atoms with Gasteiger partial charge in [0.1, 0.15) is 11.6 Å². The van der Waals surface area contributed by atoms with Crippen LogP contribution in [0.15, 0.2) is 24.3 Å². The maximum atomic E-state index is 12.3. The number of hydrogen-bond acceptors (Lipinski definition) is 3. The minimum absolute atomic E-state index is 0.129. The molecule has 1 heterocycles. The minimum Gasteiger partial charge on any atom is -0.480 e. The number of nitrogens with zero attached hydrogens (tertiary/aromatic N) is 1. The van der Waals surface area contributed by atoms with Crippen molar-refractivity contribution in [1.82, 2.24) is 4.90 Å². The van der Waals surface area contributed by atoms with E-state index < -0.39 is 23.7 Å². The monoisotopic (exact) mass is 319 g/mol. The number of amides is 1. The quantitative estimate of drug-likeness (QED) is 0.928. The summed E-state index contributed by atoms with van der Waals surface area (Å²) in [6, 6.07) is 7.27. The van der Waals surface area contributed by atoms with Crippen LogP contribution in [0.5, 0.6) is 0 Å². The molecule has 5 heteroatoms. The third-order valence-corrected chi connectivity index (χ3v) is 4.07. The molecule has 2 atom stereocenters. The zero-order chi connectivity index (χ0) is 17.2. The number of carboxylic acid groups (broad SMARTS) is 1. The highest BCUT2D eigenvalue weighted by Crippen LogP contribution is 2.29. The SMILES string of the molecule is Cc1ccccc1CC1CC(C(=O)O)N(C(=O)OC(C)(C)C)C1. The molecule has 1 N–H and O–H groups in total.